The van der Waals surface area contributed by atoms with Crippen LogP contribution in [0.15, 0.2) is 24.3 Å². The summed E-state index contributed by atoms with van der Waals surface area (Å²) in [6, 6.07) is 7.26. The van der Waals surface area contributed by atoms with Crippen LogP contribution in [-0.4, -0.2) is 56.0 Å². The lowest BCUT2D eigenvalue weighted by Crippen LogP contribution is -2.40. The summed E-state index contributed by atoms with van der Waals surface area (Å²) in [5.74, 6) is 0.466. The third-order valence-corrected chi connectivity index (χ3v) is 5.24. The summed E-state index contributed by atoms with van der Waals surface area (Å²) < 4.78 is 10.1. The van der Waals surface area contributed by atoms with Crippen molar-refractivity contribution in [1.29, 1.82) is 0 Å². The average Bonchev–Trinajstić information content (AvgIpc) is 3.44. The predicted molar refractivity (Wildman–Crippen MR) is 104 cm³/mol. The van der Waals surface area contributed by atoms with Crippen LogP contribution in [0.25, 0.3) is 0 Å². The summed E-state index contributed by atoms with van der Waals surface area (Å²) in [6.07, 6.45) is 2.62. The molecular weight excluding hydrogens is 360 g/mol. The van der Waals surface area contributed by atoms with Crippen molar-refractivity contribution in [3.8, 4) is 5.75 Å². The highest BCUT2D eigenvalue weighted by Gasteiger charge is 2.38. The fraction of sp³-hybridized carbons (Fsp3) is 0.571. The number of esters is 1. The predicted octanol–water partition coefficient (Wildman–Crippen LogP) is 2.24. The summed E-state index contributed by atoms with van der Waals surface area (Å²) in [7, 11) is 1.59. The number of hydrogen-bond donors (Lipinski definition) is 0. The van der Waals surface area contributed by atoms with Crippen LogP contribution < -0.4 is 9.64 Å². The first-order chi connectivity index (χ1) is 13.5. The van der Waals surface area contributed by atoms with E-state index in [0.29, 0.717) is 32.2 Å². The third-order valence-electron chi connectivity index (χ3n) is 5.24. The Balaban J connectivity index is 1.63. The Kier molecular flexibility index (Phi) is 6.54. The van der Waals surface area contributed by atoms with E-state index in [1.165, 1.54) is 0 Å². The topological polar surface area (TPSA) is 76.2 Å². The summed E-state index contributed by atoms with van der Waals surface area (Å²) in [5.41, 5.74) is 0.765. The minimum atomic E-state index is -0.379. The highest BCUT2D eigenvalue weighted by molar-refractivity contribution is 6.00. The molecule has 3 rings (SSSR count). The van der Waals surface area contributed by atoms with E-state index in [4.69, 9.17) is 9.47 Å². The summed E-state index contributed by atoms with van der Waals surface area (Å²) >= 11 is 0. The molecule has 1 aromatic rings. The maximum atomic E-state index is 13.1. The molecule has 0 N–H and O–H groups in total. The molecular formula is C21H28N2O5. The largest absolute Gasteiger partial charge is 0.497 e. The number of ether oxygens (including phenoxy) is 2. The Bertz CT molecular complexity index is 714. The molecule has 1 atom stereocenters. The lowest BCUT2D eigenvalue weighted by molar-refractivity contribution is -0.144. The van der Waals surface area contributed by atoms with E-state index in [9.17, 15) is 14.4 Å². The number of anilines is 1. The SMILES string of the molecule is CCOC(=O)CCN(CC1CC1)C(=O)C1CC(=O)N(c2ccc(OC)cc2)C1. The molecule has 2 amide bonds. The second-order valence-electron chi connectivity index (χ2n) is 7.39. The molecule has 1 unspecified atom stereocenters. The normalized spacial score (nSPS) is 18.9. The molecule has 152 valence electrons. The first-order valence-electron chi connectivity index (χ1n) is 9.90. The van der Waals surface area contributed by atoms with Gasteiger partial charge < -0.3 is 19.3 Å². The Labute approximate surface area is 165 Å². The van der Waals surface area contributed by atoms with Gasteiger partial charge >= 0.3 is 5.97 Å². The molecule has 1 saturated heterocycles. The van der Waals surface area contributed by atoms with Gasteiger partial charge in [0.05, 0.1) is 26.1 Å². The van der Waals surface area contributed by atoms with E-state index < -0.39 is 0 Å². The van der Waals surface area contributed by atoms with Crippen molar-refractivity contribution in [2.75, 3.05) is 38.3 Å². The first kappa shape index (κ1) is 20.2. The summed E-state index contributed by atoms with van der Waals surface area (Å²) in [4.78, 5) is 40.7. The number of benzene rings is 1. The smallest absolute Gasteiger partial charge is 0.307 e. The van der Waals surface area contributed by atoms with Crippen molar-refractivity contribution in [2.24, 2.45) is 11.8 Å². The number of amides is 2. The van der Waals surface area contributed by atoms with Crippen LogP contribution in [0.1, 0.15) is 32.6 Å². The van der Waals surface area contributed by atoms with Crippen LogP contribution in [0.3, 0.4) is 0 Å². The van der Waals surface area contributed by atoms with Gasteiger partial charge in [0, 0.05) is 31.7 Å². The molecule has 1 aliphatic heterocycles. The van der Waals surface area contributed by atoms with Gasteiger partial charge in [-0.15, -0.1) is 0 Å². The minimum absolute atomic E-state index is 0.0411. The summed E-state index contributed by atoms with van der Waals surface area (Å²) in [6.45, 7) is 3.48. The molecule has 2 fully saturated rings. The van der Waals surface area contributed by atoms with Crippen LogP contribution in [-0.2, 0) is 19.1 Å². The maximum Gasteiger partial charge on any atom is 0.307 e. The molecule has 0 bridgehead atoms. The molecule has 7 heteroatoms. The second kappa shape index (κ2) is 9.08. The number of nitrogens with zero attached hydrogens (tertiary/aromatic N) is 2. The van der Waals surface area contributed by atoms with Crippen molar-refractivity contribution in [2.45, 2.75) is 32.6 Å². The van der Waals surface area contributed by atoms with Gasteiger partial charge in [0.2, 0.25) is 11.8 Å². The van der Waals surface area contributed by atoms with E-state index in [2.05, 4.69) is 0 Å². The van der Waals surface area contributed by atoms with Crippen LogP contribution in [0.5, 0.6) is 5.75 Å². The van der Waals surface area contributed by atoms with Crippen LogP contribution in [0.4, 0.5) is 5.69 Å². The molecule has 1 saturated carbocycles. The maximum absolute atomic E-state index is 13.1. The molecule has 0 radical (unpaired) electrons. The average molecular weight is 388 g/mol. The number of carbonyl (C=O) groups excluding carboxylic acids is 3. The van der Waals surface area contributed by atoms with Crippen LogP contribution in [0.2, 0.25) is 0 Å². The molecule has 7 nitrogen and oxygen atoms in total. The minimum Gasteiger partial charge on any atom is -0.497 e. The highest BCUT2D eigenvalue weighted by atomic mass is 16.5. The zero-order valence-electron chi connectivity index (χ0n) is 16.6. The van der Waals surface area contributed by atoms with Gasteiger partial charge in [0.1, 0.15) is 5.75 Å². The Hall–Kier alpha value is -2.57. The number of rotatable bonds is 9. The van der Waals surface area contributed by atoms with Crippen molar-refractivity contribution in [3.63, 3.8) is 0 Å². The number of hydrogen-bond acceptors (Lipinski definition) is 5. The lowest BCUT2D eigenvalue weighted by Gasteiger charge is -2.25. The van der Waals surface area contributed by atoms with Crippen molar-refractivity contribution in [1.82, 2.24) is 4.90 Å². The van der Waals surface area contributed by atoms with Gasteiger partial charge in [0.25, 0.3) is 0 Å². The molecule has 1 aromatic carbocycles. The Morgan fingerprint density at radius 3 is 2.54 bits per heavy atom. The van der Waals surface area contributed by atoms with Crippen molar-refractivity contribution in [3.05, 3.63) is 24.3 Å². The fourth-order valence-electron chi connectivity index (χ4n) is 3.51. The molecule has 1 heterocycles. The zero-order chi connectivity index (χ0) is 20.1. The molecule has 0 aromatic heterocycles. The van der Waals surface area contributed by atoms with Crippen molar-refractivity contribution >= 4 is 23.5 Å². The van der Waals surface area contributed by atoms with E-state index in [1.54, 1.807) is 36.0 Å². The standard InChI is InChI=1S/C21H28N2O5/c1-3-28-20(25)10-11-22(13-15-4-5-15)21(26)16-12-19(24)23(14-16)17-6-8-18(27-2)9-7-17/h6-9,15-16H,3-5,10-14H2,1-2H3. The first-order valence-corrected chi connectivity index (χ1v) is 9.90. The van der Waals surface area contributed by atoms with Gasteiger partial charge in [-0.2, -0.15) is 0 Å². The van der Waals surface area contributed by atoms with E-state index in [1.807, 2.05) is 12.1 Å². The zero-order valence-corrected chi connectivity index (χ0v) is 16.6. The quantitative estimate of drug-likeness (QED) is 0.607. The van der Waals surface area contributed by atoms with Gasteiger partial charge in [-0.3, -0.25) is 14.4 Å². The molecule has 2 aliphatic rings. The van der Waals surface area contributed by atoms with E-state index in [0.717, 1.165) is 24.3 Å². The molecule has 1 aliphatic carbocycles. The van der Waals surface area contributed by atoms with E-state index in [-0.39, 0.29) is 36.5 Å². The fourth-order valence-corrected chi connectivity index (χ4v) is 3.51. The third kappa shape index (κ3) is 5.03. The number of carbonyl (C=O) groups is 3. The molecule has 0 spiro atoms. The van der Waals surface area contributed by atoms with Gasteiger partial charge in [-0.1, -0.05) is 0 Å². The van der Waals surface area contributed by atoms with Crippen molar-refractivity contribution < 1.29 is 23.9 Å². The lowest BCUT2D eigenvalue weighted by atomic mass is 10.1. The molecule has 28 heavy (non-hydrogen) atoms. The Morgan fingerprint density at radius 1 is 1.21 bits per heavy atom. The summed E-state index contributed by atoms with van der Waals surface area (Å²) in [5, 5.41) is 0. The van der Waals surface area contributed by atoms with Gasteiger partial charge in [-0.05, 0) is 49.9 Å². The monoisotopic (exact) mass is 388 g/mol. The van der Waals surface area contributed by atoms with Gasteiger partial charge in [-0.25, -0.2) is 0 Å². The Morgan fingerprint density at radius 2 is 1.93 bits per heavy atom. The van der Waals surface area contributed by atoms with Gasteiger partial charge in [0.15, 0.2) is 0 Å². The van der Waals surface area contributed by atoms with Crippen LogP contribution >= 0.6 is 0 Å². The second-order valence-corrected chi connectivity index (χ2v) is 7.39. The van der Waals surface area contributed by atoms with E-state index >= 15 is 0 Å². The van der Waals surface area contributed by atoms with Crippen LogP contribution in [0, 0.1) is 11.8 Å². The number of methoxy groups -OCH3 is 1. The highest BCUT2D eigenvalue weighted by Crippen LogP contribution is 2.32.